The zero-order valence-electron chi connectivity index (χ0n) is 12.8. The number of rotatable bonds is 1. The van der Waals surface area contributed by atoms with Crippen LogP contribution in [0.1, 0.15) is 59.8 Å². The quantitative estimate of drug-likeness (QED) is 0.776. The highest BCUT2D eigenvalue weighted by molar-refractivity contribution is 4.88. The fourth-order valence-corrected chi connectivity index (χ4v) is 4.05. The fraction of sp³-hybridized carbons (Fsp3) is 1.00. The van der Waals surface area contributed by atoms with Crippen LogP contribution in [0.4, 0.5) is 0 Å². The Hall–Kier alpha value is -0.0800. The monoisotopic (exact) mass is 252 g/mol. The number of nitrogens with two attached hydrogens (primary N) is 1. The van der Waals surface area contributed by atoms with Gasteiger partial charge in [-0.05, 0) is 49.4 Å². The highest BCUT2D eigenvalue weighted by Gasteiger charge is 2.34. The van der Waals surface area contributed by atoms with Gasteiger partial charge in [0.25, 0.3) is 0 Å². The van der Waals surface area contributed by atoms with Gasteiger partial charge in [-0.1, -0.05) is 27.7 Å². The molecule has 1 aliphatic carbocycles. The Bertz CT molecular complexity index is 251. The number of hydrogen-bond donors (Lipinski definition) is 1. The molecule has 1 saturated heterocycles. The summed E-state index contributed by atoms with van der Waals surface area (Å²) in [5, 5.41) is 0. The van der Waals surface area contributed by atoms with Crippen molar-refractivity contribution in [2.45, 2.75) is 71.9 Å². The van der Waals surface area contributed by atoms with E-state index in [2.05, 4.69) is 32.6 Å². The molecule has 2 fully saturated rings. The predicted octanol–water partition coefficient (Wildman–Crippen LogP) is 3.26. The number of piperidine rings is 1. The van der Waals surface area contributed by atoms with Crippen LogP contribution in [0.2, 0.25) is 0 Å². The van der Waals surface area contributed by atoms with Crippen LogP contribution < -0.4 is 5.73 Å². The van der Waals surface area contributed by atoms with Gasteiger partial charge >= 0.3 is 0 Å². The molecular formula is C16H32N2. The van der Waals surface area contributed by atoms with Crippen molar-refractivity contribution in [2.24, 2.45) is 23.0 Å². The summed E-state index contributed by atoms with van der Waals surface area (Å²) in [4.78, 5) is 2.69. The summed E-state index contributed by atoms with van der Waals surface area (Å²) in [6, 6.07) is 1.23. The third-order valence-corrected chi connectivity index (χ3v) is 5.16. The van der Waals surface area contributed by atoms with E-state index >= 15 is 0 Å². The fourth-order valence-electron chi connectivity index (χ4n) is 4.05. The maximum absolute atomic E-state index is 6.18. The summed E-state index contributed by atoms with van der Waals surface area (Å²) in [7, 11) is 0. The van der Waals surface area contributed by atoms with Crippen molar-refractivity contribution in [2.75, 3.05) is 13.1 Å². The normalized spacial score (nSPS) is 39.8. The summed E-state index contributed by atoms with van der Waals surface area (Å²) in [6.45, 7) is 12.0. The SMILES string of the molecule is CC1CC(N)CN(C2CCC(C(C)(C)C)CC2)C1. The van der Waals surface area contributed by atoms with Crippen molar-refractivity contribution < 1.29 is 0 Å². The van der Waals surface area contributed by atoms with Gasteiger partial charge in [0, 0.05) is 25.2 Å². The molecule has 1 heterocycles. The van der Waals surface area contributed by atoms with E-state index in [9.17, 15) is 0 Å². The molecule has 2 nitrogen and oxygen atoms in total. The van der Waals surface area contributed by atoms with Gasteiger partial charge in [0.05, 0.1) is 0 Å². The molecule has 0 amide bonds. The smallest absolute Gasteiger partial charge is 0.0170 e. The molecular weight excluding hydrogens is 220 g/mol. The van der Waals surface area contributed by atoms with E-state index in [1.807, 2.05) is 0 Å². The first-order valence-corrected chi connectivity index (χ1v) is 7.86. The van der Waals surface area contributed by atoms with E-state index in [1.165, 1.54) is 38.6 Å². The first kappa shape index (κ1) is 14.3. The molecule has 2 N–H and O–H groups in total. The van der Waals surface area contributed by atoms with Gasteiger partial charge in [0.15, 0.2) is 0 Å². The Morgan fingerprint density at radius 2 is 1.61 bits per heavy atom. The van der Waals surface area contributed by atoms with Crippen LogP contribution in [0.3, 0.4) is 0 Å². The predicted molar refractivity (Wildman–Crippen MR) is 78.5 cm³/mol. The Balaban J connectivity index is 1.86. The largest absolute Gasteiger partial charge is 0.327 e. The second kappa shape index (κ2) is 5.50. The average molecular weight is 252 g/mol. The van der Waals surface area contributed by atoms with Gasteiger partial charge in [-0.25, -0.2) is 0 Å². The summed E-state index contributed by atoms with van der Waals surface area (Å²) >= 11 is 0. The third kappa shape index (κ3) is 3.48. The minimum Gasteiger partial charge on any atom is -0.327 e. The third-order valence-electron chi connectivity index (χ3n) is 5.16. The molecule has 2 aliphatic rings. The van der Waals surface area contributed by atoms with Crippen LogP contribution in [-0.2, 0) is 0 Å². The van der Waals surface area contributed by atoms with E-state index < -0.39 is 0 Å². The summed E-state index contributed by atoms with van der Waals surface area (Å²) in [6.07, 6.45) is 6.82. The van der Waals surface area contributed by atoms with E-state index in [0.717, 1.165) is 24.4 Å². The van der Waals surface area contributed by atoms with Crippen LogP contribution in [0.25, 0.3) is 0 Å². The van der Waals surface area contributed by atoms with Crippen LogP contribution >= 0.6 is 0 Å². The molecule has 1 saturated carbocycles. The second-order valence-corrected chi connectivity index (χ2v) is 7.93. The molecule has 0 bridgehead atoms. The number of hydrogen-bond acceptors (Lipinski definition) is 2. The molecule has 2 rings (SSSR count). The van der Waals surface area contributed by atoms with Crippen molar-refractivity contribution in [3.63, 3.8) is 0 Å². The van der Waals surface area contributed by atoms with Crippen molar-refractivity contribution >= 4 is 0 Å². The molecule has 0 aromatic carbocycles. The number of likely N-dealkylation sites (tertiary alicyclic amines) is 1. The van der Waals surface area contributed by atoms with Crippen LogP contribution in [0, 0.1) is 17.3 Å². The van der Waals surface area contributed by atoms with Gasteiger partial charge in [-0.3, -0.25) is 4.90 Å². The standard InChI is InChI=1S/C16H32N2/c1-12-9-14(17)11-18(10-12)15-7-5-13(6-8-15)16(2,3)4/h12-15H,5-11,17H2,1-4H3. The molecule has 1 aliphatic heterocycles. The summed E-state index contributed by atoms with van der Waals surface area (Å²) < 4.78 is 0. The Kier molecular flexibility index (Phi) is 4.38. The average Bonchev–Trinajstić information content (AvgIpc) is 2.27. The second-order valence-electron chi connectivity index (χ2n) is 7.93. The molecule has 106 valence electrons. The molecule has 0 radical (unpaired) electrons. The summed E-state index contributed by atoms with van der Waals surface area (Å²) in [5.41, 5.74) is 6.67. The highest BCUT2D eigenvalue weighted by Crippen LogP contribution is 2.39. The highest BCUT2D eigenvalue weighted by atomic mass is 15.2. The lowest BCUT2D eigenvalue weighted by molar-refractivity contribution is 0.0610. The lowest BCUT2D eigenvalue weighted by atomic mass is 9.71. The Labute approximate surface area is 113 Å². The van der Waals surface area contributed by atoms with E-state index in [4.69, 9.17) is 5.73 Å². The zero-order chi connectivity index (χ0) is 13.3. The number of nitrogens with zero attached hydrogens (tertiary/aromatic N) is 1. The van der Waals surface area contributed by atoms with Gasteiger partial charge in [-0.2, -0.15) is 0 Å². The van der Waals surface area contributed by atoms with E-state index in [0.29, 0.717) is 11.5 Å². The van der Waals surface area contributed by atoms with Crippen LogP contribution in [-0.4, -0.2) is 30.1 Å². The molecule has 0 aromatic rings. The van der Waals surface area contributed by atoms with Gasteiger partial charge in [-0.15, -0.1) is 0 Å². The zero-order valence-corrected chi connectivity index (χ0v) is 12.8. The van der Waals surface area contributed by atoms with Crippen LogP contribution in [0.5, 0.6) is 0 Å². The van der Waals surface area contributed by atoms with Crippen LogP contribution in [0.15, 0.2) is 0 Å². The maximum Gasteiger partial charge on any atom is 0.0170 e. The minimum atomic E-state index is 0.411. The topological polar surface area (TPSA) is 29.3 Å². The van der Waals surface area contributed by atoms with E-state index in [1.54, 1.807) is 0 Å². The Morgan fingerprint density at radius 3 is 2.11 bits per heavy atom. The first-order chi connectivity index (χ1) is 8.36. The maximum atomic E-state index is 6.18. The van der Waals surface area contributed by atoms with Gasteiger partial charge in [0.1, 0.15) is 0 Å². The molecule has 18 heavy (non-hydrogen) atoms. The van der Waals surface area contributed by atoms with Crippen molar-refractivity contribution in [1.29, 1.82) is 0 Å². The van der Waals surface area contributed by atoms with Gasteiger partial charge < -0.3 is 5.73 Å². The summed E-state index contributed by atoms with van der Waals surface area (Å²) in [5.74, 6) is 1.71. The first-order valence-electron chi connectivity index (χ1n) is 7.86. The van der Waals surface area contributed by atoms with Gasteiger partial charge in [0.2, 0.25) is 0 Å². The molecule has 0 spiro atoms. The lowest BCUT2D eigenvalue weighted by Crippen LogP contribution is -2.51. The lowest BCUT2D eigenvalue weighted by Gasteiger charge is -2.44. The van der Waals surface area contributed by atoms with Crippen molar-refractivity contribution in [1.82, 2.24) is 4.90 Å². The molecule has 2 heteroatoms. The van der Waals surface area contributed by atoms with Crippen molar-refractivity contribution in [3.8, 4) is 0 Å². The Morgan fingerprint density at radius 1 is 1.00 bits per heavy atom. The molecule has 0 aromatic heterocycles. The van der Waals surface area contributed by atoms with E-state index in [-0.39, 0.29) is 0 Å². The van der Waals surface area contributed by atoms with Crippen molar-refractivity contribution in [3.05, 3.63) is 0 Å². The molecule has 2 atom stereocenters. The molecule has 2 unspecified atom stereocenters. The minimum absolute atomic E-state index is 0.411.